The van der Waals surface area contributed by atoms with Crippen LogP contribution in [0.3, 0.4) is 0 Å². The molecular weight excluding hydrogens is 365 g/mol. The van der Waals surface area contributed by atoms with Crippen LogP contribution in [0.2, 0.25) is 0 Å². The van der Waals surface area contributed by atoms with E-state index in [9.17, 15) is 0 Å². The van der Waals surface area contributed by atoms with Crippen molar-refractivity contribution in [1.82, 2.24) is 0 Å². The summed E-state index contributed by atoms with van der Waals surface area (Å²) in [5.74, 6) is 0. The Morgan fingerprint density at radius 2 is 0.412 bits per heavy atom. The number of phosphoric acid groups is 3. The number of rotatable bonds is 0. The Balaban J connectivity index is -0.0000000400. The first-order chi connectivity index (χ1) is 6.00. The summed E-state index contributed by atoms with van der Waals surface area (Å²) in [6, 6.07) is 0. The molecule has 0 aliphatic rings. The van der Waals surface area contributed by atoms with E-state index in [1.54, 1.807) is 0 Å². The Bertz CT molecular complexity index is 206. The van der Waals surface area contributed by atoms with Gasteiger partial charge in [0.15, 0.2) is 0 Å². The summed E-state index contributed by atoms with van der Waals surface area (Å²) in [5.41, 5.74) is 0. The van der Waals surface area contributed by atoms with Crippen molar-refractivity contribution in [3.63, 3.8) is 0 Å². The largest absolute Gasteiger partial charge is 0.466 e. The Morgan fingerprint density at radius 3 is 0.412 bits per heavy atom. The molecule has 0 heterocycles. The van der Waals surface area contributed by atoms with Gasteiger partial charge in [0.25, 0.3) is 0 Å². The van der Waals surface area contributed by atoms with Crippen molar-refractivity contribution in [2.45, 2.75) is 0 Å². The second-order valence-electron chi connectivity index (χ2n) is 1.54. The van der Waals surface area contributed by atoms with E-state index in [2.05, 4.69) is 0 Å². The molecule has 0 bridgehead atoms. The van der Waals surface area contributed by atoms with Crippen LogP contribution >= 0.6 is 23.5 Å². The molecular formula is H9Ca2O12P3. The van der Waals surface area contributed by atoms with E-state index in [-0.39, 0.29) is 75.5 Å². The van der Waals surface area contributed by atoms with Gasteiger partial charge in [-0.2, -0.15) is 0 Å². The minimum absolute atomic E-state index is 0. The second kappa shape index (κ2) is 13.8. The molecule has 0 aromatic rings. The Hall–Kier alpha value is 2.85. The molecule has 4 radical (unpaired) electrons. The van der Waals surface area contributed by atoms with Crippen molar-refractivity contribution in [2.75, 3.05) is 0 Å². The molecule has 0 unspecified atom stereocenters. The maximum absolute atomic E-state index is 8.88. The third-order valence-electron chi connectivity index (χ3n) is 0. The molecule has 0 saturated heterocycles. The Kier molecular flexibility index (Phi) is 26.0. The molecule has 0 aliphatic carbocycles. The van der Waals surface area contributed by atoms with Gasteiger partial charge in [-0.15, -0.1) is 0 Å². The van der Waals surface area contributed by atoms with Crippen molar-refractivity contribution in [3.05, 3.63) is 0 Å². The van der Waals surface area contributed by atoms with Gasteiger partial charge < -0.3 is 44.0 Å². The summed E-state index contributed by atoms with van der Waals surface area (Å²) in [5, 5.41) is 0. The van der Waals surface area contributed by atoms with Crippen LogP contribution in [0.4, 0.5) is 0 Å². The van der Waals surface area contributed by atoms with Crippen LogP contribution in [0.15, 0.2) is 0 Å². The zero-order chi connectivity index (χ0) is 13.5. The average Bonchev–Trinajstić information content (AvgIpc) is 1.41. The molecule has 0 atom stereocenters. The normalized spacial score (nSPS) is 10.4. The summed E-state index contributed by atoms with van der Waals surface area (Å²) < 4.78 is 26.6. The van der Waals surface area contributed by atoms with Gasteiger partial charge in [-0.1, -0.05) is 0 Å². The predicted molar refractivity (Wildman–Crippen MR) is 54.3 cm³/mol. The average molecular weight is 374 g/mol. The fourth-order valence-electron chi connectivity index (χ4n) is 0. The van der Waals surface area contributed by atoms with Gasteiger partial charge >= 0.3 is 23.5 Å². The van der Waals surface area contributed by atoms with Gasteiger partial charge in [0, 0.05) is 75.5 Å². The van der Waals surface area contributed by atoms with Gasteiger partial charge in [-0.3, -0.25) is 0 Å². The molecule has 0 aromatic carbocycles. The van der Waals surface area contributed by atoms with Crippen LogP contribution in [-0.2, 0) is 13.7 Å². The van der Waals surface area contributed by atoms with Crippen LogP contribution in [-0.4, -0.2) is 120 Å². The monoisotopic (exact) mass is 374 g/mol. The van der Waals surface area contributed by atoms with Crippen molar-refractivity contribution >= 4 is 98.9 Å². The van der Waals surface area contributed by atoms with E-state index < -0.39 is 23.5 Å². The minimum atomic E-state index is -4.64. The molecule has 0 rings (SSSR count). The first-order valence-corrected chi connectivity index (χ1v) is 7.04. The Labute approximate surface area is 154 Å². The van der Waals surface area contributed by atoms with E-state index in [0.717, 1.165) is 0 Å². The summed E-state index contributed by atoms with van der Waals surface area (Å²) in [6.45, 7) is 0. The molecule has 0 fully saturated rings. The molecule has 100 valence electrons. The molecule has 0 spiro atoms. The van der Waals surface area contributed by atoms with Crippen LogP contribution in [0.25, 0.3) is 0 Å². The fraction of sp³-hybridized carbons (Fsp3) is 0. The smallest absolute Gasteiger partial charge is 0.303 e. The summed E-state index contributed by atoms with van der Waals surface area (Å²) >= 11 is 0. The predicted octanol–water partition coefficient (Wildman–Crippen LogP) is -3.55. The van der Waals surface area contributed by atoms with E-state index in [1.807, 2.05) is 0 Å². The van der Waals surface area contributed by atoms with E-state index in [4.69, 9.17) is 57.7 Å². The summed E-state index contributed by atoms with van der Waals surface area (Å²) in [6.07, 6.45) is 0. The van der Waals surface area contributed by atoms with Gasteiger partial charge in [-0.05, 0) is 0 Å². The topological polar surface area (TPSA) is 233 Å². The second-order valence-corrected chi connectivity index (χ2v) is 4.62. The van der Waals surface area contributed by atoms with E-state index in [1.165, 1.54) is 0 Å². The Morgan fingerprint density at radius 1 is 0.412 bits per heavy atom. The van der Waals surface area contributed by atoms with Gasteiger partial charge in [0.1, 0.15) is 0 Å². The van der Waals surface area contributed by atoms with Crippen LogP contribution in [0.1, 0.15) is 0 Å². The van der Waals surface area contributed by atoms with Crippen LogP contribution in [0, 0.1) is 0 Å². The van der Waals surface area contributed by atoms with Crippen molar-refractivity contribution in [1.29, 1.82) is 0 Å². The molecule has 9 N–H and O–H groups in total. The molecule has 0 amide bonds. The molecule has 0 aromatic heterocycles. The van der Waals surface area contributed by atoms with E-state index in [0.29, 0.717) is 0 Å². The van der Waals surface area contributed by atoms with Crippen molar-refractivity contribution in [2.24, 2.45) is 0 Å². The maximum Gasteiger partial charge on any atom is 0.466 e. The zero-order valence-corrected chi connectivity index (χ0v) is 15.1. The number of hydrogen-bond donors (Lipinski definition) is 9. The molecule has 0 aliphatic heterocycles. The molecule has 12 nitrogen and oxygen atoms in total. The van der Waals surface area contributed by atoms with Gasteiger partial charge in [0.05, 0.1) is 0 Å². The van der Waals surface area contributed by atoms with Gasteiger partial charge in [0.2, 0.25) is 0 Å². The fourth-order valence-corrected chi connectivity index (χ4v) is 0. The van der Waals surface area contributed by atoms with Crippen LogP contribution in [0.5, 0.6) is 0 Å². The first kappa shape index (κ1) is 32.0. The summed E-state index contributed by atoms with van der Waals surface area (Å²) in [7, 11) is -13.9. The van der Waals surface area contributed by atoms with Gasteiger partial charge in [-0.25, -0.2) is 13.7 Å². The molecule has 0 saturated carbocycles. The number of hydrogen-bond acceptors (Lipinski definition) is 3. The molecule has 17 heavy (non-hydrogen) atoms. The summed E-state index contributed by atoms with van der Waals surface area (Å²) in [4.78, 5) is 64.7. The first-order valence-electron chi connectivity index (χ1n) is 2.35. The SMILES string of the molecule is O=P(O)(O)O.O=P(O)(O)O.O=P(O)(O)O.[Ca].[Ca]. The van der Waals surface area contributed by atoms with Crippen LogP contribution < -0.4 is 0 Å². The minimum Gasteiger partial charge on any atom is -0.303 e. The van der Waals surface area contributed by atoms with Crippen molar-refractivity contribution < 1.29 is 57.7 Å². The van der Waals surface area contributed by atoms with E-state index >= 15 is 0 Å². The third-order valence-corrected chi connectivity index (χ3v) is 0. The third kappa shape index (κ3) is 659. The zero-order valence-electron chi connectivity index (χ0n) is 8.01. The van der Waals surface area contributed by atoms with Crippen molar-refractivity contribution in [3.8, 4) is 0 Å². The molecule has 17 heteroatoms. The maximum atomic E-state index is 8.88. The quantitative estimate of drug-likeness (QED) is 0.148. The standard InChI is InChI=1S/2Ca.3H3O4P/c;;3*1-5(2,3)4/h;;3*(H3,1,2,3,4).